The average Bonchev–Trinajstić information content (AvgIpc) is 2.46. The number of ether oxygens (including phenoxy) is 1. The summed E-state index contributed by atoms with van der Waals surface area (Å²) in [6.45, 7) is 0.602. The van der Waals surface area contributed by atoms with Crippen LogP contribution in [0.25, 0.3) is 0 Å². The first-order valence-electron chi connectivity index (χ1n) is 6.41. The van der Waals surface area contributed by atoms with Crippen molar-refractivity contribution in [3.63, 3.8) is 0 Å². The van der Waals surface area contributed by atoms with Gasteiger partial charge in [0.25, 0.3) is 0 Å². The minimum Gasteiger partial charge on any atom is -0.482 e. The van der Waals surface area contributed by atoms with Crippen LogP contribution in [0.5, 0.6) is 5.75 Å². The van der Waals surface area contributed by atoms with Crippen LogP contribution in [0.3, 0.4) is 0 Å². The van der Waals surface area contributed by atoms with E-state index in [4.69, 9.17) is 4.74 Å². The fourth-order valence-electron chi connectivity index (χ4n) is 1.84. The van der Waals surface area contributed by atoms with Gasteiger partial charge in [0.2, 0.25) is 0 Å². The van der Waals surface area contributed by atoms with Crippen molar-refractivity contribution in [3.05, 3.63) is 54.4 Å². The molecule has 6 heteroatoms. The van der Waals surface area contributed by atoms with Crippen molar-refractivity contribution in [2.24, 2.45) is 0 Å². The van der Waals surface area contributed by atoms with E-state index in [9.17, 15) is 13.2 Å². The van der Waals surface area contributed by atoms with Crippen molar-refractivity contribution < 1.29 is 17.9 Å². The third kappa shape index (κ3) is 4.66. The Kier molecular flexibility index (Phi) is 4.67. The highest BCUT2D eigenvalue weighted by atomic mass is 19.4. The number of aromatic nitrogens is 1. The molecule has 0 bridgehead atoms. The fourth-order valence-corrected chi connectivity index (χ4v) is 1.84. The quantitative estimate of drug-likeness (QED) is 0.898. The summed E-state index contributed by atoms with van der Waals surface area (Å²) in [4.78, 5) is 3.93. The molecule has 0 aliphatic carbocycles. The first-order valence-corrected chi connectivity index (χ1v) is 6.41. The Morgan fingerprint density at radius 2 is 1.81 bits per heavy atom. The summed E-state index contributed by atoms with van der Waals surface area (Å²) < 4.78 is 41.6. The molecule has 0 spiro atoms. The largest absolute Gasteiger partial charge is 0.482 e. The number of pyridine rings is 1. The van der Waals surface area contributed by atoms with Gasteiger partial charge in [-0.05, 0) is 36.8 Å². The van der Waals surface area contributed by atoms with Crippen LogP contribution in [0.4, 0.5) is 18.9 Å². The third-order valence-corrected chi connectivity index (χ3v) is 2.86. The highest BCUT2D eigenvalue weighted by molar-refractivity contribution is 5.57. The van der Waals surface area contributed by atoms with Crippen LogP contribution < -0.4 is 10.1 Å². The van der Waals surface area contributed by atoms with Crippen molar-refractivity contribution >= 4 is 5.69 Å². The summed E-state index contributed by atoms with van der Waals surface area (Å²) in [6.07, 6.45) is -1.02. The second kappa shape index (κ2) is 6.47. The SMILES string of the molecule is CC(Nc1ccccc1OCC(F)(F)F)c1ccncc1. The first kappa shape index (κ1) is 15.2. The number of benzene rings is 1. The fraction of sp³-hybridized carbons (Fsp3) is 0.267. The van der Waals surface area contributed by atoms with E-state index >= 15 is 0 Å². The Bertz CT molecular complexity index is 573. The number of halogens is 3. The van der Waals surface area contributed by atoms with Crippen LogP contribution in [0, 0.1) is 0 Å². The maximum absolute atomic E-state index is 12.2. The highest BCUT2D eigenvalue weighted by Gasteiger charge is 2.28. The Balaban J connectivity index is 2.09. The number of nitrogens with zero attached hydrogens (tertiary/aromatic N) is 1. The number of rotatable bonds is 5. The minimum atomic E-state index is -4.36. The summed E-state index contributed by atoms with van der Waals surface area (Å²) in [5.74, 6) is 0.177. The lowest BCUT2D eigenvalue weighted by Gasteiger charge is -2.19. The number of alkyl halides is 3. The van der Waals surface area contributed by atoms with E-state index in [1.54, 1.807) is 30.6 Å². The molecular formula is C15H15F3N2O. The zero-order chi connectivity index (χ0) is 15.3. The molecule has 0 fully saturated rings. The second-order valence-electron chi connectivity index (χ2n) is 4.55. The first-order chi connectivity index (χ1) is 9.96. The van der Waals surface area contributed by atoms with E-state index in [0.29, 0.717) is 5.69 Å². The van der Waals surface area contributed by atoms with Crippen LogP contribution >= 0.6 is 0 Å². The summed E-state index contributed by atoms with van der Waals surface area (Å²) in [6, 6.07) is 10.2. The molecule has 112 valence electrons. The molecule has 1 aromatic carbocycles. The molecule has 0 saturated heterocycles. The van der Waals surface area contributed by atoms with Crippen LogP contribution in [0.15, 0.2) is 48.8 Å². The van der Waals surface area contributed by atoms with E-state index in [-0.39, 0.29) is 11.8 Å². The lowest BCUT2D eigenvalue weighted by Crippen LogP contribution is -2.20. The van der Waals surface area contributed by atoms with Gasteiger partial charge in [0.1, 0.15) is 5.75 Å². The zero-order valence-corrected chi connectivity index (χ0v) is 11.4. The third-order valence-electron chi connectivity index (χ3n) is 2.86. The Morgan fingerprint density at radius 1 is 1.14 bits per heavy atom. The maximum atomic E-state index is 12.2. The van der Waals surface area contributed by atoms with Crippen LogP contribution in [0.2, 0.25) is 0 Å². The van der Waals surface area contributed by atoms with Gasteiger partial charge in [-0.2, -0.15) is 13.2 Å². The molecule has 2 rings (SSSR count). The van der Waals surface area contributed by atoms with Gasteiger partial charge >= 0.3 is 6.18 Å². The van der Waals surface area contributed by atoms with E-state index in [1.807, 2.05) is 19.1 Å². The molecule has 0 aliphatic heterocycles. The predicted molar refractivity (Wildman–Crippen MR) is 74.3 cm³/mol. The molecule has 3 nitrogen and oxygen atoms in total. The number of anilines is 1. The smallest absolute Gasteiger partial charge is 0.422 e. The number of hydrogen-bond acceptors (Lipinski definition) is 3. The van der Waals surface area contributed by atoms with Gasteiger partial charge in [0, 0.05) is 18.4 Å². The lowest BCUT2D eigenvalue weighted by atomic mass is 10.1. The summed E-state index contributed by atoms with van der Waals surface area (Å²) >= 11 is 0. The Hall–Kier alpha value is -2.24. The van der Waals surface area contributed by atoms with Gasteiger partial charge < -0.3 is 10.1 Å². The maximum Gasteiger partial charge on any atom is 0.422 e. The van der Waals surface area contributed by atoms with Gasteiger partial charge in [-0.15, -0.1) is 0 Å². The van der Waals surface area contributed by atoms with Gasteiger partial charge in [-0.3, -0.25) is 4.98 Å². The Morgan fingerprint density at radius 3 is 2.48 bits per heavy atom. The van der Waals surface area contributed by atoms with Gasteiger partial charge in [-0.25, -0.2) is 0 Å². The van der Waals surface area contributed by atoms with Crippen LogP contribution in [-0.2, 0) is 0 Å². The summed E-state index contributed by atoms with van der Waals surface area (Å²) in [7, 11) is 0. The molecule has 0 saturated carbocycles. The van der Waals surface area contributed by atoms with Crippen molar-refractivity contribution in [1.82, 2.24) is 4.98 Å². The number of para-hydroxylation sites is 2. The molecule has 0 aliphatic rings. The molecule has 21 heavy (non-hydrogen) atoms. The van der Waals surface area contributed by atoms with Crippen molar-refractivity contribution in [2.75, 3.05) is 11.9 Å². The van der Waals surface area contributed by atoms with Gasteiger partial charge in [0.05, 0.1) is 5.69 Å². The van der Waals surface area contributed by atoms with Crippen LogP contribution in [-0.4, -0.2) is 17.8 Å². The molecule has 0 radical (unpaired) electrons. The normalized spacial score (nSPS) is 12.8. The predicted octanol–water partition coefficient (Wildman–Crippen LogP) is 4.20. The summed E-state index contributed by atoms with van der Waals surface area (Å²) in [5.41, 5.74) is 1.50. The molecule has 1 atom stereocenters. The monoisotopic (exact) mass is 296 g/mol. The molecular weight excluding hydrogens is 281 g/mol. The van der Waals surface area contributed by atoms with E-state index in [2.05, 4.69) is 10.3 Å². The minimum absolute atomic E-state index is 0.0800. The van der Waals surface area contributed by atoms with Crippen LogP contribution in [0.1, 0.15) is 18.5 Å². The standard InChI is InChI=1S/C15H15F3N2O/c1-11(12-6-8-19-9-7-12)20-13-4-2-3-5-14(13)21-10-15(16,17)18/h2-9,11,20H,10H2,1H3. The molecule has 1 N–H and O–H groups in total. The van der Waals surface area contributed by atoms with Crippen molar-refractivity contribution in [3.8, 4) is 5.75 Å². The van der Waals surface area contributed by atoms with Gasteiger partial charge in [0.15, 0.2) is 6.61 Å². The second-order valence-corrected chi connectivity index (χ2v) is 4.55. The van der Waals surface area contributed by atoms with E-state index in [1.165, 1.54) is 6.07 Å². The van der Waals surface area contributed by atoms with E-state index < -0.39 is 12.8 Å². The van der Waals surface area contributed by atoms with Crippen molar-refractivity contribution in [2.45, 2.75) is 19.1 Å². The zero-order valence-electron chi connectivity index (χ0n) is 11.4. The molecule has 1 heterocycles. The highest BCUT2D eigenvalue weighted by Crippen LogP contribution is 2.29. The van der Waals surface area contributed by atoms with E-state index in [0.717, 1.165) is 5.56 Å². The lowest BCUT2D eigenvalue weighted by molar-refractivity contribution is -0.153. The molecule has 1 unspecified atom stereocenters. The molecule has 2 aromatic rings. The summed E-state index contributed by atoms with van der Waals surface area (Å²) in [5, 5.41) is 3.14. The van der Waals surface area contributed by atoms with Gasteiger partial charge in [-0.1, -0.05) is 12.1 Å². The molecule has 1 aromatic heterocycles. The Labute approximate surface area is 120 Å². The molecule has 0 amide bonds. The van der Waals surface area contributed by atoms with Crippen molar-refractivity contribution in [1.29, 1.82) is 0 Å². The number of hydrogen-bond donors (Lipinski definition) is 1. The average molecular weight is 296 g/mol. The number of nitrogens with one attached hydrogen (secondary N) is 1. The topological polar surface area (TPSA) is 34.1 Å².